The topological polar surface area (TPSA) is 3.24 Å². The first-order chi connectivity index (χ1) is 11.7. The largest absolute Gasteiger partial charge is 0.298 e. The summed E-state index contributed by atoms with van der Waals surface area (Å²) in [5, 5.41) is 0. The molecular formula is C23H31N. The predicted molar refractivity (Wildman–Crippen MR) is 104 cm³/mol. The van der Waals surface area contributed by atoms with Gasteiger partial charge in [-0.1, -0.05) is 57.3 Å². The monoisotopic (exact) mass is 321 g/mol. The normalized spacial score (nSPS) is 20.4. The van der Waals surface area contributed by atoms with E-state index in [4.69, 9.17) is 0 Å². The Morgan fingerprint density at radius 1 is 0.958 bits per heavy atom. The molecule has 0 bridgehead atoms. The molecule has 1 heterocycles. The van der Waals surface area contributed by atoms with Gasteiger partial charge in [-0.05, 0) is 54.2 Å². The highest BCUT2D eigenvalue weighted by Gasteiger charge is 2.33. The molecule has 1 aromatic rings. The molecule has 0 radical (unpaired) electrons. The first kappa shape index (κ1) is 18.6. The van der Waals surface area contributed by atoms with Crippen molar-refractivity contribution in [2.75, 3.05) is 13.1 Å². The average molecular weight is 322 g/mol. The molecule has 128 valence electrons. The predicted octanol–water partition coefficient (Wildman–Crippen LogP) is 5.76. The molecule has 1 saturated heterocycles. The summed E-state index contributed by atoms with van der Waals surface area (Å²) in [7, 11) is 0. The zero-order valence-electron chi connectivity index (χ0n) is 15.4. The Kier molecular flexibility index (Phi) is 7.35. The van der Waals surface area contributed by atoms with Crippen molar-refractivity contribution < 1.29 is 0 Å². The Labute approximate surface area is 148 Å². The van der Waals surface area contributed by atoms with Crippen LogP contribution in [0.5, 0.6) is 0 Å². The fourth-order valence-corrected chi connectivity index (χ4v) is 3.79. The van der Waals surface area contributed by atoms with Crippen LogP contribution in [0.1, 0.15) is 45.1 Å². The van der Waals surface area contributed by atoms with Gasteiger partial charge in [0.1, 0.15) is 0 Å². The van der Waals surface area contributed by atoms with E-state index in [0.717, 1.165) is 32.2 Å². The Hall–Kier alpha value is -1.78. The molecule has 0 saturated carbocycles. The van der Waals surface area contributed by atoms with Crippen molar-refractivity contribution in [3.8, 4) is 0 Å². The summed E-state index contributed by atoms with van der Waals surface area (Å²) in [6, 6.07) is 10.8. The molecule has 1 aliphatic heterocycles. The second-order valence-electron chi connectivity index (χ2n) is 6.88. The molecule has 0 aromatic heterocycles. The van der Waals surface area contributed by atoms with Crippen molar-refractivity contribution in [3.63, 3.8) is 0 Å². The number of rotatable bonds is 8. The van der Waals surface area contributed by atoms with Crippen molar-refractivity contribution in [3.05, 3.63) is 71.7 Å². The van der Waals surface area contributed by atoms with E-state index in [2.05, 4.69) is 73.7 Å². The lowest BCUT2D eigenvalue weighted by molar-refractivity contribution is 0.312. The summed E-state index contributed by atoms with van der Waals surface area (Å²) in [6.45, 7) is 15.5. The van der Waals surface area contributed by atoms with Crippen LogP contribution in [0.15, 0.2) is 66.1 Å². The van der Waals surface area contributed by atoms with Crippen molar-refractivity contribution in [2.45, 2.75) is 46.1 Å². The third kappa shape index (κ3) is 5.11. The van der Waals surface area contributed by atoms with Crippen LogP contribution in [0.2, 0.25) is 0 Å². The van der Waals surface area contributed by atoms with Gasteiger partial charge in [0.2, 0.25) is 0 Å². The van der Waals surface area contributed by atoms with Crippen molar-refractivity contribution in [1.82, 2.24) is 4.90 Å². The van der Waals surface area contributed by atoms with E-state index in [0.29, 0.717) is 11.8 Å². The molecule has 0 aliphatic carbocycles. The number of likely N-dealkylation sites (tertiary alicyclic amines) is 1. The van der Waals surface area contributed by atoms with Crippen molar-refractivity contribution in [1.29, 1.82) is 0 Å². The third-order valence-electron chi connectivity index (χ3n) is 5.27. The molecular weight excluding hydrogens is 290 g/mol. The fraction of sp³-hybridized carbons (Fsp3) is 0.478. The van der Waals surface area contributed by atoms with Gasteiger partial charge in [-0.15, -0.1) is 11.5 Å². The number of hydrogen-bond donors (Lipinski definition) is 0. The smallest absolute Gasteiger partial charge is 0.0233 e. The number of hydrogen-bond acceptors (Lipinski definition) is 1. The Morgan fingerprint density at radius 3 is 1.88 bits per heavy atom. The molecule has 2 atom stereocenters. The van der Waals surface area contributed by atoms with E-state index < -0.39 is 0 Å². The Morgan fingerprint density at radius 2 is 1.46 bits per heavy atom. The van der Waals surface area contributed by atoms with Crippen LogP contribution >= 0.6 is 0 Å². The van der Waals surface area contributed by atoms with Crippen molar-refractivity contribution >= 4 is 0 Å². The molecule has 0 amide bonds. The molecule has 24 heavy (non-hydrogen) atoms. The summed E-state index contributed by atoms with van der Waals surface area (Å²) in [5.41, 5.74) is 10.5. The third-order valence-corrected chi connectivity index (χ3v) is 5.27. The van der Waals surface area contributed by atoms with E-state index in [1.807, 2.05) is 0 Å². The van der Waals surface area contributed by atoms with Gasteiger partial charge in [0.25, 0.3) is 0 Å². The molecule has 0 N–H and O–H groups in total. The van der Waals surface area contributed by atoms with Crippen molar-refractivity contribution in [2.24, 2.45) is 11.8 Å². The fourth-order valence-electron chi connectivity index (χ4n) is 3.79. The maximum absolute atomic E-state index is 3.88. The van der Waals surface area contributed by atoms with E-state index in [-0.39, 0.29) is 0 Å². The van der Waals surface area contributed by atoms with Gasteiger partial charge in [-0.3, -0.25) is 4.90 Å². The number of nitrogens with zero attached hydrogens (tertiary/aromatic N) is 1. The average Bonchev–Trinajstić information content (AvgIpc) is 2.99. The van der Waals surface area contributed by atoms with Crippen LogP contribution in [0.4, 0.5) is 0 Å². The molecule has 1 nitrogen and oxygen atoms in total. The zero-order valence-corrected chi connectivity index (χ0v) is 15.4. The lowest BCUT2D eigenvalue weighted by Crippen LogP contribution is -2.20. The van der Waals surface area contributed by atoms with E-state index >= 15 is 0 Å². The minimum absolute atomic E-state index is 0.688. The first-order valence-corrected chi connectivity index (χ1v) is 9.21. The quantitative estimate of drug-likeness (QED) is 0.550. The Bertz CT molecular complexity index is 579. The molecule has 1 aliphatic rings. The van der Waals surface area contributed by atoms with Gasteiger partial charge >= 0.3 is 0 Å². The minimum atomic E-state index is 0.688. The van der Waals surface area contributed by atoms with Crippen LogP contribution in [0, 0.1) is 11.8 Å². The lowest BCUT2D eigenvalue weighted by atomic mass is 9.84. The van der Waals surface area contributed by atoms with Gasteiger partial charge < -0.3 is 0 Å². The number of benzene rings is 1. The second kappa shape index (κ2) is 9.50. The maximum Gasteiger partial charge on any atom is 0.0233 e. The van der Waals surface area contributed by atoms with Gasteiger partial charge in [0, 0.05) is 19.6 Å². The molecule has 1 aromatic carbocycles. The lowest BCUT2D eigenvalue weighted by Gasteiger charge is -2.19. The summed E-state index contributed by atoms with van der Waals surface area (Å²) in [5.74, 6) is 1.38. The van der Waals surface area contributed by atoms with Gasteiger partial charge in [0.05, 0.1) is 0 Å². The zero-order chi connectivity index (χ0) is 17.4. The van der Waals surface area contributed by atoms with Gasteiger partial charge in [-0.25, -0.2) is 0 Å². The van der Waals surface area contributed by atoms with Crippen LogP contribution in [-0.4, -0.2) is 18.0 Å². The highest BCUT2D eigenvalue weighted by molar-refractivity contribution is 5.15. The standard InChI is InChI=1S/C23H31N/c1-5-19(6-2)14-22-17-24(16-21-12-10-9-11-13-21)18-23(22)15-20(7-3)8-4/h9-13,22-23H,1,3,6,8,14-18H2,2,4H3/t22-,23-/m0/s1. The summed E-state index contributed by atoms with van der Waals surface area (Å²) in [6.07, 6.45) is 4.38. The number of allylic oxidation sites excluding steroid dienone is 2. The van der Waals surface area contributed by atoms with Gasteiger partial charge in [0.15, 0.2) is 0 Å². The second-order valence-corrected chi connectivity index (χ2v) is 6.88. The molecule has 2 rings (SSSR count). The highest BCUT2D eigenvalue weighted by atomic mass is 15.2. The molecule has 0 unspecified atom stereocenters. The van der Waals surface area contributed by atoms with Crippen LogP contribution in [0.25, 0.3) is 0 Å². The Balaban J connectivity index is 2.09. The maximum atomic E-state index is 3.88. The summed E-state index contributed by atoms with van der Waals surface area (Å²) < 4.78 is 0. The summed E-state index contributed by atoms with van der Waals surface area (Å²) in [4.78, 5) is 2.61. The molecule has 0 spiro atoms. The van der Waals surface area contributed by atoms with E-state index in [1.54, 1.807) is 0 Å². The molecule has 1 heteroatoms. The van der Waals surface area contributed by atoms with Crippen LogP contribution in [0.3, 0.4) is 0 Å². The highest BCUT2D eigenvalue weighted by Crippen LogP contribution is 2.34. The molecule has 1 fully saturated rings. The first-order valence-electron chi connectivity index (χ1n) is 9.21. The minimum Gasteiger partial charge on any atom is -0.298 e. The van der Waals surface area contributed by atoms with E-state index in [9.17, 15) is 0 Å². The van der Waals surface area contributed by atoms with Crippen LogP contribution < -0.4 is 0 Å². The van der Waals surface area contributed by atoms with E-state index in [1.165, 1.54) is 29.8 Å². The summed E-state index contributed by atoms with van der Waals surface area (Å²) >= 11 is 0. The van der Waals surface area contributed by atoms with Gasteiger partial charge in [-0.2, -0.15) is 0 Å². The van der Waals surface area contributed by atoms with Crippen LogP contribution in [-0.2, 0) is 6.54 Å². The SMILES string of the molecule is C=C=C(CC)C[C@H]1CN(Cc2ccccc2)C[C@@H]1CC(=C=C)CC.